The molecule has 6 nitrogen and oxygen atoms in total. The van der Waals surface area contributed by atoms with E-state index in [2.05, 4.69) is 43.8 Å². The fourth-order valence-electron chi connectivity index (χ4n) is 3.21. The molecule has 0 atom stereocenters. The Balaban J connectivity index is 1.61. The fourth-order valence-corrected chi connectivity index (χ4v) is 5.17. The summed E-state index contributed by atoms with van der Waals surface area (Å²) >= 11 is 11.7. The number of hydrogen-bond donors (Lipinski definition) is 1. The number of ether oxygens (including phenoxy) is 1. The molecule has 0 radical (unpaired) electrons. The number of anilines is 1. The van der Waals surface area contributed by atoms with Crippen LogP contribution in [-0.2, 0) is 16.2 Å². The second-order valence-electron chi connectivity index (χ2n) is 7.13. The van der Waals surface area contributed by atoms with Gasteiger partial charge >= 0.3 is 6.03 Å². The number of amides is 4. The van der Waals surface area contributed by atoms with E-state index in [9.17, 15) is 18.8 Å². The number of rotatable bonds is 5. The van der Waals surface area contributed by atoms with Crippen LogP contribution in [0.2, 0.25) is 5.02 Å². The summed E-state index contributed by atoms with van der Waals surface area (Å²) in [7, 11) is 0. The largest absolute Gasteiger partial charge is 0.487 e. The first-order valence-electron chi connectivity index (χ1n) is 9.77. The normalized spacial score (nSPS) is 15.0. The molecule has 1 heterocycles. The van der Waals surface area contributed by atoms with E-state index >= 15 is 0 Å². The molecule has 0 unspecified atom stereocenters. The van der Waals surface area contributed by atoms with Crippen LogP contribution in [0.1, 0.15) is 11.1 Å². The van der Waals surface area contributed by atoms with Crippen molar-refractivity contribution in [2.75, 3.05) is 4.90 Å². The highest BCUT2D eigenvalue weighted by molar-refractivity contribution is 14.1. The van der Waals surface area contributed by atoms with Gasteiger partial charge in [-0.3, -0.25) is 14.9 Å². The number of imide groups is 2. The van der Waals surface area contributed by atoms with Crippen LogP contribution >= 0.6 is 50.1 Å². The van der Waals surface area contributed by atoms with E-state index < -0.39 is 23.7 Å². The summed E-state index contributed by atoms with van der Waals surface area (Å²) < 4.78 is 20.5. The summed E-state index contributed by atoms with van der Waals surface area (Å²) in [5.41, 5.74) is 1.26. The summed E-state index contributed by atoms with van der Waals surface area (Å²) in [6.07, 6.45) is 1.38. The Labute approximate surface area is 221 Å². The van der Waals surface area contributed by atoms with Gasteiger partial charge in [-0.25, -0.2) is 14.1 Å². The van der Waals surface area contributed by atoms with E-state index in [1.807, 2.05) is 18.2 Å². The topological polar surface area (TPSA) is 75.7 Å². The molecule has 0 bridgehead atoms. The number of nitrogens with zero attached hydrogens (tertiary/aromatic N) is 1. The molecule has 0 aliphatic carbocycles. The smallest absolute Gasteiger partial charge is 0.335 e. The zero-order valence-electron chi connectivity index (χ0n) is 17.2. The molecule has 0 aromatic heterocycles. The van der Waals surface area contributed by atoms with E-state index in [4.69, 9.17) is 16.3 Å². The van der Waals surface area contributed by atoms with Crippen LogP contribution in [0.4, 0.5) is 14.9 Å². The third kappa shape index (κ3) is 5.16. The molecule has 3 aromatic carbocycles. The lowest BCUT2D eigenvalue weighted by Gasteiger charge is -2.26. The van der Waals surface area contributed by atoms with Crippen LogP contribution in [0.5, 0.6) is 5.75 Å². The molecule has 1 fully saturated rings. The first-order valence-corrected chi connectivity index (χ1v) is 12.0. The van der Waals surface area contributed by atoms with Crippen LogP contribution in [0.25, 0.3) is 6.08 Å². The number of barbiturate groups is 1. The van der Waals surface area contributed by atoms with E-state index in [-0.39, 0.29) is 17.9 Å². The van der Waals surface area contributed by atoms with E-state index in [1.165, 1.54) is 18.2 Å². The van der Waals surface area contributed by atoms with Gasteiger partial charge in [0, 0.05) is 10.6 Å². The van der Waals surface area contributed by atoms with Crippen LogP contribution in [0, 0.1) is 9.39 Å². The molecule has 4 rings (SSSR count). The lowest BCUT2D eigenvalue weighted by Crippen LogP contribution is -2.54. The summed E-state index contributed by atoms with van der Waals surface area (Å²) in [6, 6.07) is 14.7. The number of halogens is 4. The predicted octanol–water partition coefficient (Wildman–Crippen LogP) is 6.09. The van der Waals surface area contributed by atoms with Gasteiger partial charge in [-0.2, -0.15) is 0 Å². The van der Waals surface area contributed by atoms with Crippen molar-refractivity contribution in [3.05, 3.63) is 96.2 Å². The number of hydrogen-bond acceptors (Lipinski definition) is 4. The molecule has 1 aliphatic heterocycles. The molecule has 172 valence electrons. The minimum absolute atomic E-state index is 0.140. The third-order valence-corrected chi connectivity index (χ3v) is 6.61. The molecule has 1 N–H and O–H groups in total. The van der Waals surface area contributed by atoms with Gasteiger partial charge in [-0.15, -0.1) is 0 Å². The van der Waals surface area contributed by atoms with E-state index in [0.717, 1.165) is 26.2 Å². The van der Waals surface area contributed by atoms with Gasteiger partial charge in [0.1, 0.15) is 23.7 Å². The van der Waals surface area contributed by atoms with Crippen molar-refractivity contribution in [2.24, 2.45) is 0 Å². The highest BCUT2D eigenvalue weighted by Crippen LogP contribution is 2.34. The highest BCUT2D eigenvalue weighted by Gasteiger charge is 2.36. The number of carbonyl (C=O) groups is 3. The average molecular weight is 656 g/mol. The van der Waals surface area contributed by atoms with Crippen LogP contribution in [0.15, 0.2) is 70.7 Å². The fraction of sp³-hybridized carbons (Fsp3) is 0.0417. The first kappa shape index (κ1) is 24.4. The van der Waals surface area contributed by atoms with Gasteiger partial charge in [0.05, 0.1) is 13.7 Å². The van der Waals surface area contributed by atoms with Crippen LogP contribution in [-0.4, -0.2) is 17.8 Å². The van der Waals surface area contributed by atoms with Crippen molar-refractivity contribution < 1.29 is 23.5 Å². The van der Waals surface area contributed by atoms with Gasteiger partial charge in [0.2, 0.25) is 0 Å². The standard InChI is InChI=1S/C24H14BrClFIN2O4/c25-18-10-13(11-20(28)21(18)34-12-14-3-1-2-4-19(14)26)9-17-22(31)29-24(33)30(23(17)32)16-7-5-15(27)6-8-16/h1-11H,12H2,(H,29,31,33)/b17-9+. The second kappa shape index (κ2) is 10.2. The monoisotopic (exact) mass is 654 g/mol. The zero-order valence-corrected chi connectivity index (χ0v) is 21.6. The minimum Gasteiger partial charge on any atom is -0.487 e. The molecular formula is C24H14BrClFIN2O4. The predicted molar refractivity (Wildman–Crippen MR) is 138 cm³/mol. The Hall–Kier alpha value is -2.76. The van der Waals surface area contributed by atoms with Crippen molar-refractivity contribution in [3.8, 4) is 5.75 Å². The molecule has 10 heteroatoms. The Morgan fingerprint density at radius 3 is 2.47 bits per heavy atom. The summed E-state index contributed by atoms with van der Waals surface area (Å²) in [4.78, 5) is 38.5. The highest BCUT2D eigenvalue weighted by atomic mass is 127. The maximum Gasteiger partial charge on any atom is 0.335 e. The van der Waals surface area contributed by atoms with Crippen molar-refractivity contribution >= 4 is 79.7 Å². The van der Waals surface area contributed by atoms with E-state index in [1.54, 1.807) is 18.2 Å². The van der Waals surface area contributed by atoms with Crippen molar-refractivity contribution in [1.82, 2.24) is 5.32 Å². The Bertz CT molecular complexity index is 1320. The number of urea groups is 1. The molecular weight excluding hydrogens is 642 g/mol. The number of benzene rings is 3. The van der Waals surface area contributed by atoms with Crippen LogP contribution in [0.3, 0.4) is 0 Å². The molecule has 3 aromatic rings. The SMILES string of the molecule is O=C1NC(=O)N(c2ccc(F)cc2)C(=O)/C1=C/c1cc(Br)c(OCc2ccccc2Cl)c(I)c1. The Morgan fingerprint density at radius 2 is 1.79 bits per heavy atom. The maximum atomic E-state index is 13.3. The van der Waals surface area contributed by atoms with Crippen molar-refractivity contribution in [1.29, 1.82) is 0 Å². The molecule has 1 aliphatic rings. The molecule has 0 spiro atoms. The minimum atomic E-state index is -0.905. The lowest BCUT2D eigenvalue weighted by atomic mass is 10.1. The average Bonchev–Trinajstić information content (AvgIpc) is 2.78. The third-order valence-electron chi connectivity index (χ3n) is 4.85. The lowest BCUT2D eigenvalue weighted by molar-refractivity contribution is -0.122. The first-order chi connectivity index (χ1) is 16.2. The van der Waals surface area contributed by atoms with Gasteiger partial charge in [0.15, 0.2) is 0 Å². The van der Waals surface area contributed by atoms with Gasteiger partial charge in [0.25, 0.3) is 11.8 Å². The van der Waals surface area contributed by atoms with Crippen molar-refractivity contribution in [2.45, 2.75) is 6.61 Å². The van der Waals surface area contributed by atoms with Gasteiger partial charge < -0.3 is 4.74 Å². The summed E-state index contributed by atoms with van der Waals surface area (Å²) in [5.74, 6) is -1.58. The van der Waals surface area contributed by atoms with Crippen molar-refractivity contribution in [3.63, 3.8) is 0 Å². The van der Waals surface area contributed by atoms with Gasteiger partial charge in [-0.1, -0.05) is 29.8 Å². The molecule has 4 amide bonds. The Morgan fingerprint density at radius 1 is 1.09 bits per heavy atom. The number of carbonyl (C=O) groups excluding carboxylic acids is 3. The maximum absolute atomic E-state index is 13.3. The zero-order chi connectivity index (χ0) is 24.4. The Kier molecular flexibility index (Phi) is 7.34. The van der Waals surface area contributed by atoms with Gasteiger partial charge in [-0.05, 0) is 92.6 Å². The van der Waals surface area contributed by atoms with E-state index in [0.29, 0.717) is 20.8 Å². The molecule has 34 heavy (non-hydrogen) atoms. The van der Waals surface area contributed by atoms with Crippen LogP contribution < -0.4 is 15.0 Å². The summed E-state index contributed by atoms with van der Waals surface area (Å²) in [6.45, 7) is 0.254. The molecule has 0 saturated carbocycles. The quantitative estimate of drug-likeness (QED) is 0.205. The molecule has 1 saturated heterocycles. The number of nitrogens with one attached hydrogen (secondary N) is 1. The second-order valence-corrected chi connectivity index (χ2v) is 9.55. The summed E-state index contributed by atoms with van der Waals surface area (Å²) in [5, 5.41) is 2.74.